The van der Waals surface area contributed by atoms with Crippen LogP contribution in [0.25, 0.3) is 0 Å². The molecule has 1 saturated heterocycles. The van der Waals surface area contributed by atoms with E-state index >= 15 is 0 Å². The number of carbonyl (C=O) groups is 2. The number of alkyl carbamates (subject to hydrolysis) is 1. The van der Waals surface area contributed by atoms with Gasteiger partial charge in [0.05, 0.1) is 7.11 Å². The summed E-state index contributed by atoms with van der Waals surface area (Å²) in [6.45, 7) is 8.39. The van der Waals surface area contributed by atoms with Crippen LogP contribution < -0.4 is 5.32 Å². The van der Waals surface area contributed by atoms with Crippen LogP contribution in [0.1, 0.15) is 76.5 Å². The van der Waals surface area contributed by atoms with Gasteiger partial charge in [-0.15, -0.1) is 0 Å². The Morgan fingerprint density at radius 1 is 1.20 bits per heavy atom. The largest absolute Gasteiger partial charge is 0.453 e. The fraction of sp³-hybridized carbons (Fsp3) is 0.708. The van der Waals surface area contributed by atoms with Crippen LogP contribution in [-0.4, -0.2) is 48.1 Å². The first-order valence-electron chi connectivity index (χ1n) is 11.3. The van der Waals surface area contributed by atoms with Gasteiger partial charge >= 0.3 is 6.09 Å². The molecular formula is C24H35N3O3. The number of hydrogen-bond acceptors (Lipinski definition) is 4. The summed E-state index contributed by atoms with van der Waals surface area (Å²) in [5.41, 5.74) is 3.09. The molecule has 2 heterocycles. The fourth-order valence-corrected chi connectivity index (χ4v) is 5.36. The molecule has 1 aliphatic heterocycles. The lowest BCUT2D eigenvalue weighted by molar-refractivity contribution is -0.142. The molecule has 4 rings (SSSR count). The molecule has 1 aromatic rings. The molecule has 30 heavy (non-hydrogen) atoms. The standard InChI is InChI=1S/C24H35N3O3/c1-23(2,3)20-13-16(5-8-25-20)18-14-24(15-18)6-9-27(10-7-24)21(28)17-11-19(12-17)26-22(29)30-4/h5,8,13,17-19H,6-7,9-12,14-15H2,1-4H3,(H,26,29). The number of likely N-dealkylation sites (tertiary alicyclic amines) is 1. The van der Waals surface area contributed by atoms with Crippen LogP contribution in [-0.2, 0) is 14.9 Å². The summed E-state index contributed by atoms with van der Waals surface area (Å²) >= 11 is 0. The minimum atomic E-state index is -0.408. The first-order chi connectivity index (χ1) is 14.2. The highest BCUT2D eigenvalue weighted by atomic mass is 16.5. The summed E-state index contributed by atoms with van der Waals surface area (Å²) in [6, 6.07) is 4.56. The highest BCUT2D eigenvalue weighted by Crippen LogP contribution is 2.57. The van der Waals surface area contributed by atoms with E-state index in [1.54, 1.807) is 0 Å². The van der Waals surface area contributed by atoms with Crippen molar-refractivity contribution in [1.29, 1.82) is 0 Å². The van der Waals surface area contributed by atoms with Crippen molar-refractivity contribution in [3.8, 4) is 0 Å². The van der Waals surface area contributed by atoms with Crippen molar-refractivity contribution in [3.63, 3.8) is 0 Å². The smallest absolute Gasteiger partial charge is 0.407 e. The van der Waals surface area contributed by atoms with Gasteiger partial charge in [-0.1, -0.05) is 20.8 Å². The maximum Gasteiger partial charge on any atom is 0.407 e. The molecule has 0 aromatic carbocycles. The van der Waals surface area contributed by atoms with E-state index in [-0.39, 0.29) is 23.3 Å². The van der Waals surface area contributed by atoms with Crippen molar-refractivity contribution in [1.82, 2.24) is 15.2 Å². The average molecular weight is 414 g/mol. The highest BCUT2D eigenvalue weighted by Gasteiger charge is 2.48. The highest BCUT2D eigenvalue weighted by molar-refractivity contribution is 5.80. The van der Waals surface area contributed by atoms with Gasteiger partial charge in [0.1, 0.15) is 0 Å². The Labute approximate surface area is 179 Å². The van der Waals surface area contributed by atoms with E-state index < -0.39 is 6.09 Å². The number of methoxy groups -OCH3 is 1. The molecule has 6 heteroatoms. The first-order valence-corrected chi connectivity index (χ1v) is 11.3. The molecule has 1 aromatic heterocycles. The number of rotatable bonds is 3. The van der Waals surface area contributed by atoms with Gasteiger partial charge < -0.3 is 15.0 Å². The molecule has 0 atom stereocenters. The Bertz CT molecular complexity index is 794. The second-order valence-electron chi connectivity index (χ2n) is 10.7. The zero-order valence-electron chi connectivity index (χ0n) is 18.7. The molecule has 3 fully saturated rings. The molecule has 2 saturated carbocycles. The Balaban J connectivity index is 1.24. The molecule has 0 radical (unpaired) electrons. The molecule has 6 nitrogen and oxygen atoms in total. The van der Waals surface area contributed by atoms with E-state index in [0.717, 1.165) is 38.8 Å². The summed E-state index contributed by atoms with van der Waals surface area (Å²) in [5.74, 6) is 0.962. The fourth-order valence-electron chi connectivity index (χ4n) is 5.36. The van der Waals surface area contributed by atoms with Crippen LogP contribution in [0.4, 0.5) is 4.79 Å². The van der Waals surface area contributed by atoms with Gasteiger partial charge in [0.15, 0.2) is 0 Å². The Morgan fingerprint density at radius 3 is 2.47 bits per heavy atom. The summed E-state index contributed by atoms with van der Waals surface area (Å²) in [4.78, 5) is 30.7. The number of amides is 2. The van der Waals surface area contributed by atoms with E-state index in [0.29, 0.717) is 11.3 Å². The van der Waals surface area contributed by atoms with Crippen molar-refractivity contribution >= 4 is 12.0 Å². The predicted octanol–water partition coefficient (Wildman–Crippen LogP) is 4.00. The number of carbonyl (C=O) groups excluding carboxylic acids is 2. The molecule has 2 amide bonds. The number of nitrogens with zero attached hydrogens (tertiary/aromatic N) is 2. The monoisotopic (exact) mass is 413 g/mol. The van der Waals surface area contributed by atoms with Gasteiger partial charge in [-0.25, -0.2) is 4.79 Å². The zero-order chi connectivity index (χ0) is 21.5. The first kappa shape index (κ1) is 21.1. The molecule has 0 bridgehead atoms. The van der Waals surface area contributed by atoms with Crippen molar-refractivity contribution in [2.45, 2.75) is 76.7 Å². The van der Waals surface area contributed by atoms with Gasteiger partial charge in [-0.2, -0.15) is 0 Å². The summed E-state index contributed by atoms with van der Waals surface area (Å²) in [6.07, 6.45) is 7.71. The van der Waals surface area contributed by atoms with E-state index in [1.807, 2.05) is 6.20 Å². The SMILES string of the molecule is COC(=O)NC1CC(C(=O)N2CCC3(CC2)CC(c2ccnc(C(C)(C)C)c2)C3)C1. The number of piperidine rings is 1. The normalized spacial score (nSPS) is 25.9. The quantitative estimate of drug-likeness (QED) is 0.813. The molecular weight excluding hydrogens is 378 g/mol. The Kier molecular flexibility index (Phi) is 5.54. The Morgan fingerprint density at radius 2 is 1.87 bits per heavy atom. The van der Waals surface area contributed by atoms with Crippen LogP contribution in [0.15, 0.2) is 18.3 Å². The third-order valence-electron chi connectivity index (χ3n) is 7.51. The second-order valence-corrected chi connectivity index (χ2v) is 10.7. The topological polar surface area (TPSA) is 71.5 Å². The zero-order valence-corrected chi connectivity index (χ0v) is 18.7. The third kappa shape index (κ3) is 4.19. The summed E-state index contributed by atoms with van der Waals surface area (Å²) < 4.78 is 4.63. The maximum atomic E-state index is 12.8. The van der Waals surface area contributed by atoms with E-state index in [1.165, 1.54) is 31.2 Å². The molecule has 164 valence electrons. The number of pyridine rings is 1. The van der Waals surface area contributed by atoms with Crippen molar-refractivity contribution < 1.29 is 14.3 Å². The minimum absolute atomic E-state index is 0.0583. The lowest BCUT2D eigenvalue weighted by atomic mass is 9.56. The molecule has 2 aliphatic carbocycles. The Hall–Kier alpha value is -2.11. The van der Waals surface area contributed by atoms with Crippen LogP contribution in [0.5, 0.6) is 0 Å². The number of hydrogen-bond donors (Lipinski definition) is 1. The second kappa shape index (κ2) is 7.86. The number of nitrogens with one attached hydrogen (secondary N) is 1. The average Bonchev–Trinajstić information content (AvgIpc) is 2.67. The molecule has 0 unspecified atom stereocenters. The van der Waals surface area contributed by atoms with Crippen LogP contribution in [0.3, 0.4) is 0 Å². The molecule has 1 spiro atoms. The number of ether oxygens (including phenoxy) is 1. The van der Waals surface area contributed by atoms with E-state index in [2.05, 4.69) is 52.8 Å². The van der Waals surface area contributed by atoms with Gasteiger partial charge in [-0.05, 0) is 67.6 Å². The lowest BCUT2D eigenvalue weighted by Crippen LogP contribution is -2.53. The predicted molar refractivity (Wildman–Crippen MR) is 115 cm³/mol. The van der Waals surface area contributed by atoms with Gasteiger partial charge in [0.25, 0.3) is 0 Å². The van der Waals surface area contributed by atoms with Crippen LogP contribution >= 0.6 is 0 Å². The van der Waals surface area contributed by atoms with E-state index in [4.69, 9.17) is 0 Å². The van der Waals surface area contributed by atoms with Crippen molar-refractivity contribution in [2.75, 3.05) is 20.2 Å². The number of aromatic nitrogens is 1. The van der Waals surface area contributed by atoms with Crippen LogP contribution in [0, 0.1) is 11.3 Å². The van der Waals surface area contributed by atoms with Gasteiger partial charge in [0.2, 0.25) is 5.91 Å². The minimum Gasteiger partial charge on any atom is -0.453 e. The van der Waals surface area contributed by atoms with Crippen molar-refractivity contribution in [2.24, 2.45) is 11.3 Å². The van der Waals surface area contributed by atoms with Crippen molar-refractivity contribution in [3.05, 3.63) is 29.6 Å². The summed E-state index contributed by atoms with van der Waals surface area (Å²) in [7, 11) is 1.36. The lowest BCUT2D eigenvalue weighted by Gasteiger charge is -2.53. The molecule has 3 aliphatic rings. The third-order valence-corrected chi connectivity index (χ3v) is 7.51. The van der Waals surface area contributed by atoms with Gasteiger partial charge in [0, 0.05) is 42.4 Å². The molecule has 1 N–H and O–H groups in total. The van der Waals surface area contributed by atoms with Gasteiger partial charge in [-0.3, -0.25) is 9.78 Å². The summed E-state index contributed by atoms with van der Waals surface area (Å²) in [5, 5.41) is 2.78. The van der Waals surface area contributed by atoms with Crippen LogP contribution in [0.2, 0.25) is 0 Å². The van der Waals surface area contributed by atoms with E-state index in [9.17, 15) is 9.59 Å². The maximum absolute atomic E-state index is 12.8.